The molecule has 0 aromatic carbocycles. The van der Waals surface area contributed by atoms with Crippen LogP contribution in [0, 0.1) is 0 Å². The van der Waals surface area contributed by atoms with Crippen LogP contribution in [0.25, 0.3) is 0 Å². The Balaban J connectivity index is 1.90. The fraction of sp³-hybridized carbons (Fsp3) is 0.667. The highest BCUT2D eigenvalue weighted by atomic mass is 16.6. The molecule has 90 valence electrons. The van der Waals surface area contributed by atoms with Crippen LogP contribution in [0.1, 0.15) is 13.8 Å². The molecule has 2 aliphatic heterocycles. The standard InChI is InChI=1S/C12H18O4/c1-3-5-13-9-7-15-12-10(14-6-4-2)8-16-11(9)12/h3-6,9-12H,7-8H2,1-2H3/b5-3-,6-4-. The van der Waals surface area contributed by atoms with Gasteiger partial charge in [-0.05, 0) is 13.8 Å². The Kier molecular flexibility index (Phi) is 3.85. The second kappa shape index (κ2) is 5.37. The Morgan fingerprint density at radius 3 is 1.69 bits per heavy atom. The van der Waals surface area contributed by atoms with Gasteiger partial charge in [0.05, 0.1) is 25.7 Å². The van der Waals surface area contributed by atoms with E-state index in [0.717, 1.165) is 0 Å². The summed E-state index contributed by atoms with van der Waals surface area (Å²) in [5.74, 6) is 0. The summed E-state index contributed by atoms with van der Waals surface area (Å²) in [7, 11) is 0. The number of hydrogen-bond acceptors (Lipinski definition) is 4. The number of ether oxygens (including phenoxy) is 4. The molecule has 4 heteroatoms. The van der Waals surface area contributed by atoms with Gasteiger partial charge >= 0.3 is 0 Å². The number of allylic oxidation sites excluding steroid dienone is 2. The fourth-order valence-corrected chi connectivity index (χ4v) is 2.02. The van der Waals surface area contributed by atoms with Gasteiger partial charge in [-0.3, -0.25) is 0 Å². The zero-order chi connectivity index (χ0) is 11.4. The highest BCUT2D eigenvalue weighted by Gasteiger charge is 2.49. The van der Waals surface area contributed by atoms with Gasteiger partial charge in [-0.2, -0.15) is 0 Å². The molecule has 0 saturated carbocycles. The van der Waals surface area contributed by atoms with Crippen LogP contribution in [0.3, 0.4) is 0 Å². The first-order valence-electron chi connectivity index (χ1n) is 5.63. The van der Waals surface area contributed by atoms with E-state index in [2.05, 4.69) is 0 Å². The molecule has 0 bridgehead atoms. The first-order valence-corrected chi connectivity index (χ1v) is 5.63. The van der Waals surface area contributed by atoms with Crippen LogP contribution in [-0.4, -0.2) is 37.6 Å². The summed E-state index contributed by atoms with van der Waals surface area (Å²) in [6.45, 7) is 4.96. The normalized spacial score (nSPS) is 38.4. The van der Waals surface area contributed by atoms with Crippen molar-refractivity contribution in [1.82, 2.24) is 0 Å². The molecule has 2 rings (SSSR count). The molecule has 2 heterocycles. The molecule has 2 aliphatic rings. The maximum Gasteiger partial charge on any atom is 0.150 e. The van der Waals surface area contributed by atoms with Gasteiger partial charge < -0.3 is 18.9 Å². The maximum absolute atomic E-state index is 5.65. The lowest BCUT2D eigenvalue weighted by atomic mass is 10.1. The molecule has 2 saturated heterocycles. The Morgan fingerprint density at radius 1 is 0.875 bits per heavy atom. The van der Waals surface area contributed by atoms with Gasteiger partial charge in [0.25, 0.3) is 0 Å². The van der Waals surface area contributed by atoms with Crippen molar-refractivity contribution in [2.45, 2.75) is 38.3 Å². The van der Waals surface area contributed by atoms with Crippen molar-refractivity contribution in [3.05, 3.63) is 24.7 Å². The van der Waals surface area contributed by atoms with E-state index in [1.807, 2.05) is 26.0 Å². The van der Waals surface area contributed by atoms with Crippen molar-refractivity contribution >= 4 is 0 Å². The number of hydrogen-bond donors (Lipinski definition) is 0. The average molecular weight is 226 g/mol. The van der Waals surface area contributed by atoms with Crippen LogP contribution in [-0.2, 0) is 18.9 Å². The van der Waals surface area contributed by atoms with Gasteiger partial charge in [-0.15, -0.1) is 0 Å². The zero-order valence-electron chi connectivity index (χ0n) is 9.67. The van der Waals surface area contributed by atoms with E-state index in [9.17, 15) is 0 Å². The molecule has 0 spiro atoms. The Labute approximate surface area is 95.8 Å². The van der Waals surface area contributed by atoms with E-state index in [0.29, 0.717) is 13.2 Å². The summed E-state index contributed by atoms with van der Waals surface area (Å²) in [4.78, 5) is 0. The fourth-order valence-electron chi connectivity index (χ4n) is 2.02. The first kappa shape index (κ1) is 11.5. The van der Waals surface area contributed by atoms with Gasteiger partial charge in [0.15, 0.2) is 0 Å². The van der Waals surface area contributed by atoms with E-state index in [1.54, 1.807) is 12.5 Å². The Bertz CT molecular complexity index is 246. The summed E-state index contributed by atoms with van der Waals surface area (Å²) >= 11 is 0. The van der Waals surface area contributed by atoms with Crippen LogP contribution >= 0.6 is 0 Å². The summed E-state index contributed by atoms with van der Waals surface area (Å²) in [5, 5.41) is 0. The minimum atomic E-state index is -0.0135. The van der Waals surface area contributed by atoms with Crippen LogP contribution in [0.2, 0.25) is 0 Å². The van der Waals surface area contributed by atoms with Crippen molar-refractivity contribution < 1.29 is 18.9 Å². The van der Waals surface area contributed by atoms with Crippen LogP contribution in [0.15, 0.2) is 24.7 Å². The minimum absolute atomic E-state index is 0.00791. The third-order valence-electron chi connectivity index (χ3n) is 2.74. The van der Waals surface area contributed by atoms with Crippen LogP contribution in [0.4, 0.5) is 0 Å². The van der Waals surface area contributed by atoms with Crippen molar-refractivity contribution in [2.75, 3.05) is 13.2 Å². The quantitative estimate of drug-likeness (QED) is 0.683. The lowest BCUT2D eigenvalue weighted by Crippen LogP contribution is -2.32. The van der Waals surface area contributed by atoms with E-state index in [4.69, 9.17) is 18.9 Å². The maximum atomic E-state index is 5.65. The average Bonchev–Trinajstić information content (AvgIpc) is 2.86. The van der Waals surface area contributed by atoms with Gasteiger partial charge in [-0.1, -0.05) is 12.2 Å². The molecule has 0 N–H and O–H groups in total. The molecule has 2 fully saturated rings. The van der Waals surface area contributed by atoms with Crippen LogP contribution < -0.4 is 0 Å². The number of fused-ring (bicyclic) bond motifs is 1. The molecular formula is C12H18O4. The molecule has 16 heavy (non-hydrogen) atoms. The largest absolute Gasteiger partial charge is 0.493 e. The second-order valence-electron chi connectivity index (χ2n) is 3.88. The van der Waals surface area contributed by atoms with Crippen LogP contribution in [0.5, 0.6) is 0 Å². The number of rotatable bonds is 4. The third kappa shape index (κ3) is 2.23. The molecule has 0 aliphatic carbocycles. The lowest BCUT2D eigenvalue weighted by molar-refractivity contribution is -0.00781. The summed E-state index contributed by atoms with van der Waals surface area (Å²) in [5.41, 5.74) is 0. The molecule has 0 radical (unpaired) electrons. The Morgan fingerprint density at radius 2 is 1.31 bits per heavy atom. The SMILES string of the molecule is C/C=C\OC1COC2C(O/C=C\C)COC12. The molecular weight excluding hydrogens is 208 g/mol. The van der Waals surface area contributed by atoms with Gasteiger partial charge in [0, 0.05) is 0 Å². The van der Waals surface area contributed by atoms with E-state index < -0.39 is 0 Å². The predicted octanol–water partition coefficient (Wildman–Crippen LogP) is 1.62. The summed E-state index contributed by atoms with van der Waals surface area (Å²) < 4.78 is 22.3. The van der Waals surface area contributed by atoms with E-state index >= 15 is 0 Å². The topological polar surface area (TPSA) is 36.9 Å². The summed E-state index contributed by atoms with van der Waals surface area (Å²) in [6, 6.07) is 0. The van der Waals surface area contributed by atoms with E-state index in [1.165, 1.54) is 0 Å². The Hall–Kier alpha value is -1.00. The van der Waals surface area contributed by atoms with E-state index in [-0.39, 0.29) is 24.4 Å². The molecule has 4 nitrogen and oxygen atoms in total. The molecule has 4 unspecified atom stereocenters. The third-order valence-corrected chi connectivity index (χ3v) is 2.74. The van der Waals surface area contributed by atoms with Gasteiger partial charge in [0.1, 0.15) is 24.4 Å². The van der Waals surface area contributed by atoms with Crippen molar-refractivity contribution in [3.63, 3.8) is 0 Å². The van der Waals surface area contributed by atoms with Crippen molar-refractivity contribution in [3.8, 4) is 0 Å². The molecule has 4 atom stereocenters. The predicted molar refractivity (Wildman–Crippen MR) is 58.9 cm³/mol. The second-order valence-corrected chi connectivity index (χ2v) is 3.88. The van der Waals surface area contributed by atoms with Crippen molar-refractivity contribution in [1.29, 1.82) is 0 Å². The first-order chi connectivity index (χ1) is 7.86. The zero-order valence-corrected chi connectivity index (χ0v) is 9.67. The monoisotopic (exact) mass is 226 g/mol. The lowest BCUT2D eigenvalue weighted by Gasteiger charge is -2.15. The summed E-state index contributed by atoms with van der Waals surface area (Å²) in [6.07, 6.45) is 7.03. The van der Waals surface area contributed by atoms with Crippen molar-refractivity contribution in [2.24, 2.45) is 0 Å². The molecule has 0 amide bonds. The molecule has 0 aromatic rings. The highest BCUT2D eigenvalue weighted by molar-refractivity contribution is 4.97. The smallest absolute Gasteiger partial charge is 0.150 e. The van der Waals surface area contributed by atoms with Gasteiger partial charge in [-0.25, -0.2) is 0 Å². The van der Waals surface area contributed by atoms with Gasteiger partial charge in [0.2, 0.25) is 0 Å². The highest BCUT2D eigenvalue weighted by Crippen LogP contribution is 2.30. The minimum Gasteiger partial charge on any atom is -0.493 e. The molecule has 0 aromatic heterocycles.